The lowest BCUT2D eigenvalue weighted by atomic mass is 10.1. The van der Waals surface area contributed by atoms with E-state index in [2.05, 4.69) is 5.32 Å². The van der Waals surface area contributed by atoms with E-state index in [1.54, 1.807) is 17.9 Å². The molecule has 2 aromatic rings. The van der Waals surface area contributed by atoms with Crippen LogP contribution in [0.4, 0.5) is 5.69 Å². The first-order valence-corrected chi connectivity index (χ1v) is 13.7. The van der Waals surface area contributed by atoms with E-state index in [4.69, 9.17) is 0 Å². The fourth-order valence-electron chi connectivity index (χ4n) is 3.73. The van der Waals surface area contributed by atoms with Gasteiger partial charge in [-0.3, -0.25) is 13.9 Å². The lowest BCUT2D eigenvalue weighted by Gasteiger charge is -2.32. The summed E-state index contributed by atoms with van der Waals surface area (Å²) in [4.78, 5) is 27.8. The number of carbonyl (C=O) groups is 2. The van der Waals surface area contributed by atoms with Crippen LogP contribution >= 0.6 is 0 Å². The van der Waals surface area contributed by atoms with Crippen molar-refractivity contribution in [2.24, 2.45) is 0 Å². The molecule has 0 spiro atoms. The second kappa shape index (κ2) is 11.7. The van der Waals surface area contributed by atoms with Crippen LogP contribution in [-0.4, -0.2) is 49.5 Å². The first-order chi connectivity index (χ1) is 16.2. The zero-order valence-corrected chi connectivity index (χ0v) is 22.8. The lowest BCUT2D eigenvalue weighted by Crippen LogP contribution is -2.52. The summed E-state index contributed by atoms with van der Waals surface area (Å²) in [5, 5.41) is 2.95. The normalized spacial score (nSPS) is 12.7. The Labute approximate surface area is 210 Å². The number of hydrogen-bond donors (Lipinski definition) is 1. The molecule has 2 rings (SSSR count). The number of amides is 2. The molecular weight excluding hydrogens is 462 g/mol. The third-order valence-electron chi connectivity index (χ3n) is 5.58. The topological polar surface area (TPSA) is 86.8 Å². The number of anilines is 1. The summed E-state index contributed by atoms with van der Waals surface area (Å²) < 4.78 is 26.2. The van der Waals surface area contributed by atoms with Gasteiger partial charge in [-0.2, -0.15) is 0 Å². The van der Waals surface area contributed by atoms with Crippen molar-refractivity contribution in [1.29, 1.82) is 0 Å². The minimum Gasteiger partial charge on any atom is -0.350 e. The largest absolute Gasteiger partial charge is 0.350 e. The highest BCUT2D eigenvalue weighted by Gasteiger charge is 2.28. The van der Waals surface area contributed by atoms with Gasteiger partial charge in [0.2, 0.25) is 21.8 Å². The second-order valence-corrected chi connectivity index (χ2v) is 12.1. The van der Waals surface area contributed by atoms with Gasteiger partial charge < -0.3 is 10.2 Å². The second-order valence-electron chi connectivity index (χ2n) is 10.2. The Morgan fingerprint density at radius 2 is 1.63 bits per heavy atom. The first-order valence-electron chi connectivity index (χ1n) is 11.9. The molecule has 7 nitrogen and oxygen atoms in total. The summed E-state index contributed by atoms with van der Waals surface area (Å²) in [6.45, 7) is 11.8. The standard InChI is InChI=1S/C27H39N3O4S/c1-20-13-15-23(16-14-20)19-29(22(3)26(32)28-27(4,5)6)25(31)12-9-17-30(35(7,33)34)24-11-8-10-21(2)18-24/h8,10-11,13-16,18,22H,9,12,17,19H2,1-7H3,(H,28,32)/t22-/m0/s1. The summed E-state index contributed by atoms with van der Waals surface area (Å²) >= 11 is 0. The van der Waals surface area contributed by atoms with Crippen LogP contribution in [0.25, 0.3) is 0 Å². The highest BCUT2D eigenvalue weighted by Crippen LogP contribution is 2.20. The molecule has 8 heteroatoms. The molecule has 0 bridgehead atoms. The summed E-state index contributed by atoms with van der Waals surface area (Å²) in [7, 11) is -3.51. The molecule has 0 heterocycles. The fraction of sp³-hybridized carbons (Fsp3) is 0.481. The third-order valence-corrected chi connectivity index (χ3v) is 6.77. The minimum atomic E-state index is -3.51. The Bertz CT molecular complexity index is 1120. The average Bonchev–Trinajstić information content (AvgIpc) is 2.73. The van der Waals surface area contributed by atoms with Crippen LogP contribution in [0, 0.1) is 13.8 Å². The third kappa shape index (κ3) is 9.02. The van der Waals surface area contributed by atoms with Crippen molar-refractivity contribution >= 4 is 27.5 Å². The lowest BCUT2D eigenvalue weighted by molar-refractivity contribution is -0.141. The predicted octanol–water partition coefficient (Wildman–Crippen LogP) is 4.18. The van der Waals surface area contributed by atoms with Crippen LogP contribution in [0.3, 0.4) is 0 Å². The van der Waals surface area contributed by atoms with Crippen molar-refractivity contribution in [2.75, 3.05) is 17.1 Å². The summed E-state index contributed by atoms with van der Waals surface area (Å²) in [6, 6.07) is 14.5. The molecule has 0 unspecified atom stereocenters. The Kier molecular flexibility index (Phi) is 9.49. The molecule has 0 saturated heterocycles. The summed E-state index contributed by atoms with van der Waals surface area (Å²) in [5.74, 6) is -0.421. The highest BCUT2D eigenvalue weighted by molar-refractivity contribution is 7.92. The number of hydrogen-bond acceptors (Lipinski definition) is 4. The number of sulfonamides is 1. The molecule has 0 radical (unpaired) electrons. The number of nitrogens with zero attached hydrogens (tertiary/aromatic N) is 2. The molecule has 192 valence electrons. The fourth-order valence-corrected chi connectivity index (χ4v) is 4.69. The van der Waals surface area contributed by atoms with Crippen LogP contribution in [0.5, 0.6) is 0 Å². The highest BCUT2D eigenvalue weighted by atomic mass is 32.2. The summed E-state index contributed by atoms with van der Waals surface area (Å²) in [6.07, 6.45) is 1.62. The molecule has 0 aliphatic carbocycles. The Morgan fingerprint density at radius 3 is 2.17 bits per heavy atom. The van der Waals surface area contributed by atoms with Gasteiger partial charge in [-0.05, 0) is 71.2 Å². The SMILES string of the molecule is Cc1ccc(CN(C(=O)CCCN(c2cccc(C)c2)S(C)(=O)=O)[C@@H](C)C(=O)NC(C)(C)C)cc1. The molecule has 1 atom stereocenters. The van der Waals surface area contributed by atoms with Crippen molar-refractivity contribution in [3.05, 3.63) is 65.2 Å². The van der Waals surface area contributed by atoms with E-state index in [-0.39, 0.29) is 24.8 Å². The quantitative estimate of drug-likeness (QED) is 0.529. The van der Waals surface area contributed by atoms with Crippen LogP contribution in [-0.2, 0) is 26.2 Å². The van der Waals surface area contributed by atoms with E-state index in [1.807, 2.05) is 77.1 Å². The van der Waals surface area contributed by atoms with Crippen molar-refractivity contribution < 1.29 is 18.0 Å². The van der Waals surface area contributed by atoms with Gasteiger partial charge in [0.05, 0.1) is 11.9 Å². The molecule has 2 aromatic carbocycles. The van der Waals surface area contributed by atoms with Gasteiger partial charge >= 0.3 is 0 Å². The molecule has 2 amide bonds. The van der Waals surface area contributed by atoms with Crippen LogP contribution in [0.2, 0.25) is 0 Å². The van der Waals surface area contributed by atoms with Gasteiger partial charge in [-0.25, -0.2) is 8.42 Å². The van der Waals surface area contributed by atoms with E-state index in [1.165, 1.54) is 10.6 Å². The maximum Gasteiger partial charge on any atom is 0.242 e. The van der Waals surface area contributed by atoms with Crippen molar-refractivity contribution in [2.45, 2.75) is 72.5 Å². The van der Waals surface area contributed by atoms with Crippen molar-refractivity contribution in [1.82, 2.24) is 10.2 Å². The average molecular weight is 502 g/mol. The number of aryl methyl sites for hydroxylation is 2. The predicted molar refractivity (Wildman–Crippen MR) is 142 cm³/mol. The number of carbonyl (C=O) groups excluding carboxylic acids is 2. The van der Waals surface area contributed by atoms with E-state index in [0.717, 1.165) is 16.7 Å². The zero-order chi connectivity index (χ0) is 26.4. The van der Waals surface area contributed by atoms with Crippen LogP contribution in [0.1, 0.15) is 57.2 Å². The van der Waals surface area contributed by atoms with Crippen LogP contribution in [0.15, 0.2) is 48.5 Å². The molecular formula is C27H39N3O4S. The first kappa shape index (κ1) is 28.4. The van der Waals surface area contributed by atoms with E-state index >= 15 is 0 Å². The molecule has 0 aromatic heterocycles. The van der Waals surface area contributed by atoms with Gasteiger partial charge in [0, 0.05) is 25.0 Å². The number of nitrogens with one attached hydrogen (secondary N) is 1. The maximum absolute atomic E-state index is 13.3. The van der Waals surface area contributed by atoms with Gasteiger partial charge in [0.25, 0.3) is 0 Å². The van der Waals surface area contributed by atoms with Gasteiger partial charge in [-0.1, -0.05) is 42.0 Å². The monoisotopic (exact) mass is 501 g/mol. The van der Waals surface area contributed by atoms with E-state index in [9.17, 15) is 18.0 Å². The van der Waals surface area contributed by atoms with Gasteiger partial charge in [0.15, 0.2) is 0 Å². The van der Waals surface area contributed by atoms with Crippen molar-refractivity contribution in [3.8, 4) is 0 Å². The molecule has 1 N–H and O–H groups in total. The minimum absolute atomic E-state index is 0.122. The smallest absolute Gasteiger partial charge is 0.242 e. The van der Waals surface area contributed by atoms with Gasteiger partial charge in [-0.15, -0.1) is 0 Å². The molecule has 0 aliphatic rings. The van der Waals surface area contributed by atoms with E-state index in [0.29, 0.717) is 18.7 Å². The maximum atomic E-state index is 13.3. The van der Waals surface area contributed by atoms with E-state index < -0.39 is 21.6 Å². The number of benzene rings is 2. The van der Waals surface area contributed by atoms with Crippen molar-refractivity contribution in [3.63, 3.8) is 0 Å². The van der Waals surface area contributed by atoms with Gasteiger partial charge in [0.1, 0.15) is 6.04 Å². The Hall–Kier alpha value is -2.87. The molecule has 0 fully saturated rings. The summed E-state index contributed by atoms with van der Waals surface area (Å²) in [5.41, 5.74) is 3.15. The van der Waals surface area contributed by atoms with Crippen LogP contribution < -0.4 is 9.62 Å². The Balaban J connectivity index is 2.18. The Morgan fingerprint density at radius 1 is 1.00 bits per heavy atom. The molecule has 0 aliphatic heterocycles. The molecule has 35 heavy (non-hydrogen) atoms. The molecule has 0 saturated carbocycles. The number of rotatable bonds is 10. The zero-order valence-electron chi connectivity index (χ0n) is 22.0.